The molecule has 0 aliphatic rings. The van der Waals surface area contributed by atoms with E-state index in [0.29, 0.717) is 17.8 Å². The molecule has 25 heavy (non-hydrogen) atoms. The summed E-state index contributed by atoms with van der Waals surface area (Å²) in [4.78, 5) is 23.9. The van der Waals surface area contributed by atoms with Gasteiger partial charge in [-0.25, -0.2) is 4.79 Å². The highest BCUT2D eigenvalue weighted by molar-refractivity contribution is 5.93. The van der Waals surface area contributed by atoms with Gasteiger partial charge in [0.15, 0.2) is 6.54 Å². The van der Waals surface area contributed by atoms with Gasteiger partial charge in [0.05, 0.1) is 11.7 Å². The zero-order chi connectivity index (χ0) is 18.2. The van der Waals surface area contributed by atoms with Crippen LogP contribution >= 0.6 is 0 Å². The molecule has 0 radical (unpaired) electrons. The average molecular weight is 341 g/mol. The smallest absolute Gasteiger partial charge is 0.338 e. The number of rotatable bonds is 7. The number of nitrogens with one attached hydrogen (secondary N) is 1. The van der Waals surface area contributed by atoms with Crippen molar-refractivity contribution in [3.05, 3.63) is 65.7 Å². The monoisotopic (exact) mass is 341 g/mol. The quantitative estimate of drug-likeness (QED) is 0.760. The molecule has 2 rings (SSSR count). The van der Waals surface area contributed by atoms with Crippen LogP contribution in [0.15, 0.2) is 54.6 Å². The predicted octanol–water partition coefficient (Wildman–Crippen LogP) is 2.51. The third-order valence-electron chi connectivity index (χ3n) is 3.73. The minimum absolute atomic E-state index is 0.0831. The summed E-state index contributed by atoms with van der Waals surface area (Å²) in [5.41, 5.74) is 2.31. The van der Waals surface area contributed by atoms with E-state index < -0.39 is 0 Å². The molecule has 0 heterocycles. The first kappa shape index (κ1) is 18.7. The number of amides is 1. The van der Waals surface area contributed by atoms with E-state index in [0.717, 1.165) is 0 Å². The molecule has 0 unspecified atom stereocenters. The van der Waals surface area contributed by atoms with E-state index in [1.807, 2.05) is 35.6 Å². The number of anilines is 1. The maximum Gasteiger partial charge on any atom is 0.338 e. The van der Waals surface area contributed by atoms with Crippen molar-refractivity contribution in [2.24, 2.45) is 0 Å². The molecule has 0 aliphatic heterocycles. The molecular weight excluding hydrogens is 316 g/mol. The van der Waals surface area contributed by atoms with Crippen LogP contribution in [0.1, 0.15) is 42.7 Å². The maximum atomic E-state index is 12.1. The molecule has 0 spiro atoms. The lowest BCUT2D eigenvalue weighted by atomic mass is 10.1. The summed E-state index contributed by atoms with van der Waals surface area (Å²) in [6, 6.07) is 17.0. The Morgan fingerprint density at radius 3 is 2.24 bits per heavy atom. The second-order valence-corrected chi connectivity index (χ2v) is 6.22. The Bertz CT molecular complexity index is 697. The van der Waals surface area contributed by atoms with Crippen LogP contribution < -0.4 is 10.6 Å². The third kappa shape index (κ3) is 6.04. The first-order chi connectivity index (χ1) is 12.0. The number of hydrogen-bond donors (Lipinski definition) is 2. The van der Waals surface area contributed by atoms with Crippen molar-refractivity contribution in [2.75, 3.05) is 11.9 Å². The first-order valence-electron chi connectivity index (χ1n) is 8.45. The molecule has 2 aromatic rings. The Labute approximate surface area is 148 Å². The number of benzene rings is 2. The van der Waals surface area contributed by atoms with E-state index >= 15 is 0 Å². The van der Waals surface area contributed by atoms with E-state index in [1.54, 1.807) is 38.1 Å². The van der Waals surface area contributed by atoms with Crippen molar-refractivity contribution in [1.29, 1.82) is 0 Å². The molecule has 1 atom stereocenters. The van der Waals surface area contributed by atoms with E-state index in [9.17, 15) is 9.59 Å². The van der Waals surface area contributed by atoms with Gasteiger partial charge in [0, 0.05) is 11.3 Å². The topological polar surface area (TPSA) is 72.0 Å². The highest BCUT2D eigenvalue weighted by Crippen LogP contribution is 2.11. The second kappa shape index (κ2) is 8.99. The fourth-order valence-corrected chi connectivity index (χ4v) is 2.36. The fourth-order valence-electron chi connectivity index (χ4n) is 2.36. The van der Waals surface area contributed by atoms with Gasteiger partial charge >= 0.3 is 5.97 Å². The third-order valence-corrected chi connectivity index (χ3v) is 3.73. The zero-order valence-electron chi connectivity index (χ0n) is 14.9. The first-order valence-corrected chi connectivity index (χ1v) is 8.45. The Morgan fingerprint density at radius 2 is 1.64 bits per heavy atom. The lowest BCUT2D eigenvalue weighted by Gasteiger charge is -2.11. The fraction of sp³-hybridized carbons (Fsp3) is 0.300. The van der Waals surface area contributed by atoms with Gasteiger partial charge in [-0.15, -0.1) is 0 Å². The van der Waals surface area contributed by atoms with E-state index in [4.69, 9.17) is 4.74 Å². The summed E-state index contributed by atoms with van der Waals surface area (Å²) >= 11 is 0. The van der Waals surface area contributed by atoms with Crippen LogP contribution in [0, 0.1) is 0 Å². The number of hydrogen-bond acceptors (Lipinski definition) is 3. The molecule has 0 aromatic heterocycles. The van der Waals surface area contributed by atoms with Crippen LogP contribution in [0.25, 0.3) is 0 Å². The largest absolute Gasteiger partial charge is 0.459 e. The minimum atomic E-state index is -0.363. The number of nitrogens with two attached hydrogens (primary N) is 1. The second-order valence-electron chi connectivity index (χ2n) is 6.22. The summed E-state index contributed by atoms with van der Waals surface area (Å²) in [6.07, 6.45) is -0.158. The molecule has 0 saturated carbocycles. The highest BCUT2D eigenvalue weighted by Gasteiger charge is 2.12. The normalized spacial score (nSPS) is 11.8. The van der Waals surface area contributed by atoms with Crippen LogP contribution in [0.2, 0.25) is 0 Å². The van der Waals surface area contributed by atoms with Gasteiger partial charge < -0.3 is 15.4 Å². The number of esters is 1. The van der Waals surface area contributed by atoms with Gasteiger partial charge in [0.2, 0.25) is 0 Å². The number of quaternary nitrogens is 1. The Morgan fingerprint density at radius 1 is 1.00 bits per heavy atom. The molecule has 5 nitrogen and oxygen atoms in total. The Balaban J connectivity index is 1.83. The SMILES string of the molecule is CC(C)OC(=O)c1ccc(NC(=O)C[NH2+][C@@H](C)c2ccccc2)cc1. The minimum Gasteiger partial charge on any atom is -0.459 e. The van der Waals surface area contributed by atoms with Crippen LogP contribution in [-0.2, 0) is 9.53 Å². The molecule has 0 bridgehead atoms. The van der Waals surface area contributed by atoms with Gasteiger partial charge in [0.1, 0.15) is 6.04 Å². The Hall–Kier alpha value is -2.66. The molecular formula is C20H25N2O3+. The number of ether oxygens (including phenoxy) is 1. The lowest BCUT2D eigenvalue weighted by Crippen LogP contribution is -2.86. The van der Waals surface area contributed by atoms with E-state index in [2.05, 4.69) is 12.2 Å². The van der Waals surface area contributed by atoms with Crippen molar-refractivity contribution in [1.82, 2.24) is 0 Å². The summed E-state index contributed by atoms with van der Waals surface area (Å²) in [5.74, 6) is -0.446. The van der Waals surface area contributed by atoms with Crippen molar-refractivity contribution in [2.45, 2.75) is 32.9 Å². The summed E-state index contributed by atoms with van der Waals surface area (Å²) < 4.78 is 5.13. The van der Waals surface area contributed by atoms with Gasteiger partial charge in [0.25, 0.3) is 5.91 Å². The van der Waals surface area contributed by atoms with Crippen molar-refractivity contribution in [3.8, 4) is 0 Å². The van der Waals surface area contributed by atoms with Crippen LogP contribution in [0.3, 0.4) is 0 Å². The summed E-state index contributed by atoms with van der Waals surface area (Å²) in [7, 11) is 0. The number of carbonyl (C=O) groups excluding carboxylic acids is 2. The van der Waals surface area contributed by atoms with Crippen molar-refractivity contribution < 1.29 is 19.6 Å². The van der Waals surface area contributed by atoms with Crippen LogP contribution in [0.5, 0.6) is 0 Å². The van der Waals surface area contributed by atoms with Gasteiger partial charge in [-0.1, -0.05) is 30.3 Å². The highest BCUT2D eigenvalue weighted by atomic mass is 16.5. The molecule has 0 saturated heterocycles. The maximum absolute atomic E-state index is 12.1. The molecule has 2 aromatic carbocycles. The summed E-state index contributed by atoms with van der Waals surface area (Å²) in [6.45, 7) is 6.00. The lowest BCUT2D eigenvalue weighted by molar-refractivity contribution is -0.682. The van der Waals surface area contributed by atoms with Crippen LogP contribution in [-0.4, -0.2) is 24.5 Å². The molecule has 5 heteroatoms. The average Bonchev–Trinajstić information content (AvgIpc) is 2.60. The zero-order valence-corrected chi connectivity index (χ0v) is 14.9. The van der Waals surface area contributed by atoms with Gasteiger partial charge in [-0.05, 0) is 45.0 Å². The summed E-state index contributed by atoms with van der Waals surface area (Å²) in [5, 5.41) is 4.82. The molecule has 132 valence electrons. The predicted molar refractivity (Wildman–Crippen MR) is 97.3 cm³/mol. The molecule has 3 N–H and O–H groups in total. The van der Waals surface area contributed by atoms with Crippen LogP contribution in [0.4, 0.5) is 5.69 Å². The molecule has 1 amide bonds. The van der Waals surface area contributed by atoms with E-state index in [-0.39, 0.29) is 24.0 Å². The Kier molecular flexibility index (Phi) is 6.71. The standard InChI is InChI=1S/C20H24N2O3/c1-14(2)25-20(24)17-9-11-18(12-10-17)22-19(23)13-21-15(3)16-7-5-4-6-8-16/h4-12,14-15,21H,13H2,1-3H3,(H,22,23)/p+1/t15-/m0/s1. The molecule has 0 aliphatic carbocycles. The number of carbonyl (C=O) groups is 2. The van der Waals surface area contributed by atoms with E-state index in [1.165, 1.54) is 5.56 Å². The van der Waals surface area contributed by atoms with Crippen molar-refractivity contribution in [3.63, 3.8) is 0 Å². The van der Waals surface area contributed by atoms with Gasteiger partial charge in [-0.2, -0.15) is 0 Å². The van der Waals surface area contributed by atoms with Crippen molar-refractivity contribution >= 4 is 17.6 Å². The molecule has 0 fully saturated rings. The van der Waals surface area contributed by atoms with Gasteiger partial charge in [-0.3, -0.25) is 4.79 Å².